The molecular formula is C12H13F3N4. The molecule has 2 N–H and O–H groups in total. The van der Waals surface area contributed by atoms with Gasteiger partial charge in [0.2, 0.25) is 0 Å². The van der Waals surface area contributed by atoms with Crippen LogP contribution in [0.15, 0.2) is 18.3 Å². The zero-order valence-electron chi connectivity index (χ0n) is 10.5. The highest BCUT2D eigenvalue weighted by molar-refractivity contribution is 5.44. The molecule has 0 saturated heterocycles. The van der Waals surface area contributed by atoms with Crippen molar-refractivity contribution in [3.8, 4) is 5.69 Å². The Morgan fingerprint density at radius 3 is 2.53 bits per heavy atom. The van der Waals surface area contributed by atoms with Gasteiger partial charge in [0.05, 0.1) is 5.69 Å². The third-order valence-electron chi connectivity index (χ3n) is 2.77. The van der Waals surface area contributed by atoms with Crippen LogP contribution in [0.5, 0.6) is 0 Å². The quantitative estimate of drug-likeness (QED) is 0.911. The van der Waals surface area contributed by atoms with Crippen LogP contribution in [0, 0.1) is 13.8 Å². The molecule has 0 fully saturated rings. The van der Waals surface area contributed by atoms with Gasteiger partial charge >= 0.3 is 6.18 Å². The number of aryl methyl sites for hydroxylation is 2. The Bertz CT molecular complexity index is 602. The van der Waals surface area contributed by atoms with Crippen molar-refractivity contribution in [1.29, 1.82) is 0 Å². The lowest BCUT2D eigenvalue weighted by Gasteiger charge is -2.11. The number of nitrogens with two attached hydrogens (primary N) is 1. The summed E-state index contributed by atoms with van der Waals surface area (Å²) in [7, 11) is 0. The number of rotatable bonds is 2. The number of pyridine rings is 1. The highest BCUT2D eigenvalue weighted by Crippen LogP contribution is 2.28. The average molecular weight is 270 g/mol. The van der Waals surface area contributed by atoms with Gasteiger partial charge in [-0.3, -0.25) is 4.98 Å². The standard InChI is InChI=1S/C12H13F3N4/c1-7-5-10(9(6-16)8(2)17-7)19-4-3-11(18-19)12(13,14)15/h3-5H,6,16H2,1-2H3. The van der Waals surface area contributed by atoms with E-state index in [-0.39, 0.29) is 6.54 Å². The van der Waals surface area contributed by atoms with E-state index in [1.165, 1.54) is 10.9 Å². The fourth-order valence-electron chi connectivity index (χ4n) is 1.90. The molecule has 2 rings (SSSR count). The Morgan fingerprint density at radius 1 is 1.32 bits per heavy atom. The summed E-state index contributed by atoms with van der Waals surface area (Å²) in [5.74, 6) is 0. The van der Waals surface area contributed by atoms with Crippen LogP contribution in [0.3, 0.4) is 0 Å². The van der Waals surface area contributed by atoms with Crippen LogP contribution in [0.4, 0.5) is 13.2 Å². The Balaban J connectivity index is 2.56. The molecular weight excluding hydrogens is 257 g/mol. The molecule has 0 unspecified atom stereocenters. The van der Waals surface area contributed by atoms with Gasteiger partial charge in [-0.05, 0) is 26.0 Å². The summed E-state index contributed by atoms with van der Waals surface area (Å²) in [6.45, 7) is 3.73. The molecule has 2 aromatic heterocycles. The monoisotopic (exact) mass is 270 g/mol. The topological polar surface area (TPSA) is 56.7 Å². The maximum absolute atomic E-state index is 12.5. The van der Waals surface area contributed by atoms with Crippen LogP contribution in [0.25, 0.3) is 5.69 Å². The Morgan fingerprint density at radius 2 is 2.00 bits per heavy atom. The Kier molecular flexibility index (Phi) is 3.32. The third kappa shape index (κ3) is 2.60. The second-order valence-electron chi connectivity index (χ2n) is 4.19. The zero-order chi connectivity index (χ0) is 14.2. The molecule has 0 aliphatic rings. The lowest BCUT2D eigenvalue weighted by Crippen LogP contribution is -2.11. The molecule has 102 valence electrons. The summed E-state index contributed by atoms with van der Waals surface area (Å²) in [5, 5.41) is 3.55. The van der Waals surface area contributed by atoms with Gasteiger partial charge in [0, 0.05) is 29.7 Å². The largest absolute Gasteiger partial charge is 0.435 e. The third-order valence-corrected chi connectivity index (χ3v) is 2.77. The maximum atomic E-state index is 12.5. The number of halogens is 3. The number of alkyl halides is 3. The van der Waals surface area contributed by atoms with Crippen molar-refractivity contribution < 1.29 is 13.2 Å². The Labute approximate surface area is 108 Å². The van der Waals surface area contributed by atoms with Crippen molar-refractivity contribution >= 4 is 0 Å². The van der Waals surface area contributed by atoms with Crippen molar-refractivity contribution in [2.45, 2.75) is 26.6 Å². The summed E-state index contributed by atoms with van der Waals surface area (Å²) in [4.78, 5) is 4.24. The first-order valence-electron chi connectivity index (χ1n) is 5.63. The van der Waals surface area contributed by atoms with Crippen molar-refractivity contribution in [1.82, 2.24) is 14.8 Å². The van der Waals surface area contributed by atoms with Gasteiger partial charge in [0.1, 0.15) is 0 Å². The van der Waals surface area contributed by atoms with Crippen molar-refractivity contribution in [2.75, 3.05) is 0 Å². The number of nitrogens with zero attached hydrogens (tertiary/aromatic N) is 3. The van der Waals surface area contributed by atoms with Gasteiger partial charge in [0.25, 0.3) is 0 Å². The van der Waals surface area contributed by atoms with Gasteiger partial charge in [0.15, 0.2) is 5.69 Å². The van der Waals surface area contributed by atoms with Gasteiger partial charge in [-0.2, -0.15) is 18.3 Å². The summed E-state index contributed by atoms with van der Waals surface area (Å²) < 4.78 is 38.8. The summed E-state index contributed by atoms with van der Waals surface area (Å²) >= 11 is 0. The van der Waals surface area contributed by atoms with Crippen LogP contribution in [0.1, 0.15) is 22.6 Å². The van der Waals surface area contributed by atoms with E-state index in [9.17, 15) is 13.2 Å². The zero-order valence-corrected chi connectivity index (χ0v) is 10.5. The first-order valence-corrected chi connectivity index (χ1v) is 5.63. The van der Waals surface area contributed by atoms with Crippen molar-refractivity contribution in [3.63, 3.8) is 0 Å². The summed E-state index contributed by atoms with van der Waals surface area (Å²) in [6, 6.07) is 2.60. The second kappa shape index (κ2) is 4.65. The predicted octanol–water partition coefficient (Wildman–Crippen LogP) is 2.36. The minimum atomic E-state index is -4.45. The molecule has 4 nitrogen and oxygen atoms in total. The van der Waals surface area contributed by atoms with E-state index in [4.69, 9.17) is 5.73 Å². The fourth-order valence-corrected chi connectivity index (χ4v) is 1.90. The maximum Gasteiger partial charge on any atom is 0.435 e. The first kappa shape index (κ1) is 13.5. The van der Waals surface area contributed by atoms with Crippen LogP contribution >= 0.6 is 0 Å². The van der Waals surface area contributed by atoms with Crippen LogP contribution in [0.2, 0.25) is 0 Å². The number of hydrogen-bond donors (Lipinski definition) is 1. The molecule has 0 aromatic carbocycles. The van der Waals surface area contributed by atoms with E-state index >= 15 is 0 Å². The number of aromatic nitrogens is 3. The van der Waals surface area contributed by atoms with Crippen LogP contribution in [-0.2, 0) is 12.7 Å². The molecule has 7 heteroatoms. The summed E-state index contributed by atoms with van der Waals surface area (Å²) in [6.07, 6.45) is -3.18. The second-order valence-corrected chi connectivity index (χ2v) is 4.19. The molecule has 2 heterocycles. The van der Waals surface area contributed by atoms with E-state index in [2.05, 4.69) is 10.1 Å². The molecule has 0 amide bonds. The first-order chi connectivity index (χ1) is 8.82. The lowest BCUT2D eigenvalue weighted by molar-refractivity contribution is -0.141. The lowest BCUT2D eigenvalue weighted by atomic mass is 10.1. The molecule has 0 aliphatic heterocycles. The van der Waals surface area contributed by atoms with Gasteiger partial charge in [-0.1, -0.05) is 0 Å². The molecule has 0 atom stereocenters. The minimum absolute atomic E-state index is 0.190. The van der Waals surface area contributed by atoms with E-state index in [1.807, 2.05) is 0 Å². The smallest absolute Gasteiger partial charge is 0.326 e. The predicted molar refractivity (Wildman–Crippen MR) is 63.7 cm³/mol. The fraction of sp³-hybridized carbons (Fsp3) is 0.333. The SMILES string of the molecule is Cc1cc(-n2ccc(C(F)(F)F)n2)c(CN)c(C)n1. The minimum Gasteiger partial charge on any atom is -0.326 e. The molecule has 0 radical (unpaired) electrons. The van der Waals surface area contributed by atoms with E-state index < -0.39 is 11.9 Å². The molecule has 0 aliphatic carbocycles. The van der Waals surface area contributed by atoms with Crippen molar-refractivity contribution in [3.05, 3.63) is 41.0 Å². The van der Waals surface area contributed by atoms with Gasteiger partial charge in [-0.15, -0.1) is 0 Å². The van der Waals surface area contributed by atoms with Crippen LogP contribution in [-0.4, -0.2) is 14.8 Å². The molecule has 19 heavy (non-hydrogen) atoms. The normalized spacial score (nSPS) is 11.9. The van der Waals surface area contributed by atoms with E-state index in [0.29, 0.717) is 22.6 Å². The van der Waals surface area contributed by atoms with Gasteiger partial charge in [-0.25, -0.2) is 4.68 Å². The average Bonchev–Trinajstić information content (AvgIpc) is 2.76. The number of hydrogen-bond acceptors (Lipinski definition) is 3. The van der Waals surface area contributed by atoms with Crippen LogP contribution < -0.4 is 5.73 Å². The van der Waals surface area contributed by atoms with Gasteiger partial charge < -0.3 is 5.73 Å². The Hall–Kier alpha value is -1.89. The highest BCUT2D eigenvalue weighted by atomic mass is 19.4. The molecule has 0 saturated carbocycles. The summed E-state index contributed by atoms with van der Waals surface area (Å²) in [5.41, 5.74) is 7.31. The molecule has 2 aromatic rings. The highest BCUT2D eigenvalue weighted by Gasteiger charge is 2.33. The molecule has 0 bridgehead atoms. The van der Waals surface area contributed by atoms with E-state index in [0.717, 1.165) is 6.07 Å². The van der Waals surface area contributed by atoms with Crippen molar-refractivity contribution in [2.24, 2.45) is 5.73 Å². The van der Waals surface area contributed by atoms with E-state index in [1.54, 1.807) is 19.9 Å². The molecule has 0 spiro atoms.